The molecule has 0 bridgehead atoms. The minimum atomic E-state index is -3.78. The summed E-state index contributed by atoms with van der Waals surface area (Å²) in [5, 5.41) is -0.523. The third-order valence-electron chi connectivity index (χ3n) is 5.90. The summed E-state index contributed by atoms with van der Waals surface area (Å²) >= 11 is 6.22. The molecule has 1 N–H and O–H groups in total. The van der Waals surface area contributed by atoms with Crippen LogP contribution in [0.1, 0.15) is 47.2 Å². The first kappa shape index (κ1) is 23.0. The maximum atomic E-state index is 14.6. The van der Waals surface area contributed by atoms with E-state index in [-0.39, 0.29) is 16.8 Å². The molecule has 1 atom stereocenters. The number of rotatable bonds is 8. The van der Waals surface area contributed by atoms with Crippen LogP contribution in [-0.2, 0) is 16.6 Å². The van der Waals surface area contributed by atoms with Gasteiger partial charge < -0.3 is 4.74 Å². The maximum absolute atomic E-state index is 14.6. The van der Waals surface area contributed by atoms with E-state index in [0.29, 0.717) is 19.4 Å². The molecular formula is C23H26ClFN2O4S. The van der Waals surface area contributed by atoms with Gasteiger partial charge in [0.05, 0.1) is 15.8 Å². The monoisotopic (exact) mass is 480 g/mol. The van der Waals surface area contributed by atoms with Gasteiger partial charge in [-0.05, 0) is 50.8 Å². The van der Waals surface area contributed by atoms with Crippen molar-refractivity contribution in [3.8, 4) is 5.75 Å². The summed E-state index contributed by atoms with van der Waals surface area (Å²) in [4.78, 5) is 14.6. The van der Waals surface area contributed by atoms with E-state index in [0.717, 1.165) is 38.1 Å². The number of amides is 1. The molecule has 2 aliphatic rings. The number of aryl methyl sites for hydroxylation is 1. The highest BCUT2D eigenvalue weighted by Gasteiger charge is 2.37. The van der Waals surface area contributed by atoms with Crippen LogP contribution < -0.4 is 9.46 Å². The lowest BCUT2D eigenvalue weighted by molar-refractivity contribution is 0.0977. The van der Waals surface area contributed by atoms with Crippen molar-refractivity contribution in [3.05, 3.63) is 63.9 Å². The van der Waals surface area contributed by atoms with E-state index in [9.17, 15) is 17.6 Å². The number of hydrogen-bond donors (Lipinski definition) is 1. The number of halogens is 2. The molecule has 0 spiro atoms. The van der Waals surface area contributed by atoms with Crippen LogP contribution in [0.2, 0.25) is 5.02 Å². The van der Waals surface area contributed by atoms with Gasteiger partial charge in [0.15, 0.2) is 0 Å². The Hall–Kier alpha value is -2.16. The number of nitrogens with one attached hydrogen (secondary N) is 1. The van der Waals surface area contributed by atoms with Crippen LogP contribution in [0, 0.1) is 12.7 Å². The van der Waals surface area contributed by atoms with E-state index in [4.69, 9.17) is 16.3 Å². The maximum Gasteiger partial charge on any atom is 0.267 e. The van der Waals surface area contributed by atoms with Crippen molar-refractivity contribution in [3.63, 3.8) is 0 Å². The molecule has 1 heterocycles. The molecule has 172 valence electrons. The summed E-state index contributed by atoms with van der Waals surface area (Å²) in [6.45, 7) is 4.16. The van der Waals surface area contributed by atoms with E-state index >= 15 is 0 Å². The molecule has 2 aromatic rings. The number of ether oxygens (including phenoxy) is 1. The Kier molecular flexibility index (Phi) is 6.74. The van der Waals surface area contributed by atoms with E-state index < -0.39 is 32.6 Å². The molecular weight excluding hydrogens is 455 g/mol. The van der Waals surface area contributed by atoms with Crippen LogP contribution >= 0.6 is 11.6 Å². The smallest absolute Gasteiger partial charge is 0.267 e. The Labute approximate surface area is 192 Å². The number of carbonyl (C=O) groups is 1. The molecule has 6 nitrogen and oxygen atoms in total. The van der Waals surface area contributed by atoms with Gasteiger partial charge in [-0.1, -0.05) is 41.4 Å². The van der Waals surface area contributed by atoms with Crippen LogP contribution in [-0.4, -0.2) is 43.7 Å². The molecule has 2 fully saturated rings. The van der Waals surface area contributed by atoms with Crippen molar-refractivity contribution in [2.24, 2.45) is 0 Å². The minimum Gasteiger partial charge on any atom is -0.490 e. The molecule has 0 radical (unpaired) electrons. The second-order valence-electron chi connectivity index (χ2n) is 8.50. The molecule has 2 aromatic carbocycles. The van der Waals surface area contributed by atoms with Crippen LogP contribution in [0.4, 0.5) is 4.39 Å². The molecule has 0 aromatic heterocycles. The fourth-order valence-electron chi connectivity index (χ4n) is 3.87. The molecule has 1 saturated carbocycles. The van der Waals surface area contributed by atoms with Crippen molar-refractivity contribution >= 4 is 27.5 Å². The standard InChI is InChI=1S/C23H26ClFN2O4S/c1-15-4-6-16(7-5-15)13-27-10-2-3-17(27)14-31-22-12-21(25)19(11-20(22)24)23(28)26-32(29,30)18-8-9-18/h4-7,11-12,17-18H,2-3,8-10,13-14H2,1H3,(H,26,28)/t17-/m1/s1. The average Bonchev–Trinajstić information content (AvgIpc) is 3.52. The molecule has 1 aliphatic heterocycles. The van der Waals surface area contributed by atoms with E-state index in [1.165, 1.54) is 11.1 Å². The molecule has 9 heteroatoms. The largest absolute Gasteiger partial charge is 0.490 e. The fraction of sp³-hybridized carbons (Fsp3) is 0.435. The molecule has 4 rings (SSSR count). The zero-order valence-electron chi connectivity index (χ0n) is 17.8. The van der Waals surface area contributed by atoms with Gasteiger partial charge in [0.1, 0.15) is 18.2 Å². The summed E-state index contributed by atoms with van der Waals surface area (Å²) in [6.07, 6.45) is 3.02. The zero-order valence-corrected chi connectivity index (χ0v) is 19.4. The van der Waals surface area contributed by atoms with Gasteiger partial charge in [0.25, 0.3) is 5.91 Å². The first-order valence-electron chi connectivity index (χ1n) is 10.7. The Morgan fingerprint density at radius 3 is 2.62 bits per heavy atom. The normalized spacial score (nSPS) is 19.2. The lowest BCUT2D eigenvalue weighted by Gasteiger charge is -2.25. The zero-order chi connectivity index (χ0) is 22.9. The second-order valence-corrected chi connectivity index (χ2v) is 10.9. The van der Waals surface area contributed by atoms with E-state index in [1.54, 1.807) is 0 Å². The summed E-state index contributed by atoms with van der Waals surface area (Å²) in [7, 11) is -3.78. The van der Waals surface area contributed by atoms with Gasteiger partial charge in [-0.25, -0.2) is 17.5 Å². The quantitative estimate of drug-likeness (QED) is 0.616. The van der Waals surface area contributed by atoms with Crippen molar-refractivity contribution in [2.75, 3.05) is 13.2 Å². The third-order valence-corrected chi connectivity index (χ3v) is 8.02. The minimum absolute atomic E-state index is 0.0588. The van der Waals surface area contributed by atoms with Gasteiger partial charge in [0, 0.05) is 18.7 Å². The van der Waals surface area contributed by atoms with E-state index in [2.05, 4.69) is 36.1 Å². The van der Waals surface area contributed by atoms with Gasteiger partial charge in [-0.3, -0.25) is 9.69 Å². The van der Waals surface area contributed by atoms with Gasteiger partial charge in [-0.2, -0.15) is 0 Å². The predicted octanol–water partition coefficient (Wildman–Crippen LogP) is 4.05. The molecule has 1 saturated heterocycles. The molecule has 32 heavy (non-hydrogen) atoms. The fourth-order valence-corrected chi connectivity index (χ4v) is 5.38. The Morgan fingerprint density at radius 1 is 1.22 bits per heavy atom. The van der Waals surface area contributed by atoms with Crippen molar-refractivity contribution in [1.82, 2.24) is 9.62 Å². The van der Waals surface area contributed by atoms with Gasteiger partial charge in [-0.15, -0.1) is 0 Å². The molecule has 1 amide bonds. The lowest BCUT2D eigenvalue weighted by atomic mass is 10.1. The summed E-state index contributed by atoms with van der Waals surface area (Å²) < 4.78 is 46.2. The number of carbonyl (C=O) groups excluding carboxylic acids is 1. The molecule has 0 unspecified atom stereocenters. The Bertz CT molecular complexity index is 1100. The highest BCUT2D eigenvalue weighted by Crippen LogP contribution is 2.31. The first-order valence-corrected chi connectivity index (χ1v) is 12.6. The summed E-state index contributed by atoms with van der Waals surface area (Å²) in [5.74, 6) is -1.77. The van der Waals surface area contributed by atoms with Crippen molar-refractivity contribution < 1.29 is 22.3 Å². The topological polar surface area (TPSA) is 75.7 Å². The van der Waals surface area contributed by atoms with Crippen LogP contribution in [0.15, 0.2) is 36.4 Å². The van der Waals surface area contributed by atoms with Crippen LogP contribution in [0.25, 0.3) is 0 Å². The highest BCUT2D eigenvalue weighted by atomic mass is 35.5. The second kappa shape index (κ2) is 9.37. The number of likely N-dealkylation sites (tertiary alicyclic amines) is 1. The number of benzene rings is 2. The first-order chi connectivity index (χ1) is 15.2. The van der Waals surface area contributed by atoms with E-state index in [1.807, 2.05) is 4.72 Å². The molecule has 1 aliphatic carbocycles. The number of sulfonamides is 1. The number of hydrogen-bond acceptors (Lipinski definition) is 5. The Morgan fingerprint density at radius 2 is 1.94 bits per heavy atom. The lowest BCUT2D eigenvalue weighted by Crippen LogP contribution is -2.34. The third kappa shape index (κ3) is 5.42. The van der Waals surface area contributed by atoms with Crippen LogP contribution in [0.5, 0.6) is 5.75 Å². The summed E-state index contributed by atoms with van der Waals surface area (Å²) in [6, 6.07) is 10.7. The summed E-state index contributed by atoms with van der Waals surface area (Å²) in [5.41, 5.74) is 2.02. The highest BCUT2D eigenvalue weighted by molar-refractivity contribution is 7.91. The van der Waals surface area contributed by atoms with Crippen molar-refractivity contribution in [1.29, 1.82) is 0 Å². The SMILES string of the molecule is Cc1ccc(CN2CCC[C@@H]2COc2cc(F)c(C(=O)NS(=O)(=O)C3CC3)cc2Cl)cc1. The van der Waals surface area contributed by atoms with Gasteiger partial charge in [0.2, 0.25) is 10.0 Å². The predicted molar refractivity (Wildman–Crippen MR) is 121 cm³/mol. The number of nitrogens with zero attached hydrogens (tertiary/aromatic N) is 1. The van der Waals surface area contributed by atoms with Crippen LogP contribution in [0.3, 0.4) is 0 Å². The van der Waals surface area contributed by atoms with Crippen molar-refractivity contribution in [2.45, 2.75) is 50.4 Å². The Balaban J connectivity index is 1.39. The van der Waals surface area contributed by atoms with Gasteiger partial charge >= 0.3 is 0 Å². The average molecular weight is 481 g/mol.